The number of methoxy groups -OCH3 is 1. The molecule has 1 aromatic carbocycles. The number of nitrogens with zero attached hydrogens (tertiary/aromatic N) is 1. The van der Waals surface area contributed by atoms with Crippen LogP contribution in [-0.2, 0) is 26.0 Å². The summed E-state index contributed by atoms with van der Waals surface area (Å²) in [6, 6.07) is 7.07. The Morgan fingerprint density at radius 1 is 1.28 bits per heavy atom. The molecule has 0 bridgehead atoms. The fraction of sp³-hybridized carbons (Fsp3) is 0.529. The van der Waals surface area contributed by atoms with E-state index in [2.05, 4.69) is 5.32 Å². The molecule has 1 aliphatic rings. The maximum atomic E-state index is 12.0. The number of rotatable bonds is 7. The van der Waals surface area contributed by atoms with Gasteiger partial charge in [-0.05, 0) is 24.1 Å². The van der Waals surface area contributed by atoms with Crippen LogP contribution in [0, 0.1) is 0 Å². The van der Waals surface area contributed by atoms with Gasteiger partial charge < -0.3 is 15.0 Å². The molecule has 1 aromatic rings. The third kappa shape index (κ3) is 6.04. The van der Waals surface area contributed by atoms with Gasteiger partial charge in [0.05, 0.1) is 18.6 Å². The number of sulfone groups is 1. The Kier molecular flexibility index (Phi) is 6.41. The van der Waals surface area contributed by atoms with Crippen LogP contribution in [-0.4, -0.2) is 56.3 Å². The van der Waals surface area contributed by atoms with Crippen molar-refractivity contribution in [1.29, 1.82) is 0 Å². The molecule has 25 heavy (non-hydrogen) atoms. The third-order valence-corrected chi connectivity index (χ3v) is 5.95. The fourth-order valence-corrected chi connectivity index (χ4v) is 4.42. The molecule has 7 nitrogen and oxygen atoms in total. The first-order valence-corrected chi connectivity index (χ1v) is 9.99. The second-order valence-corrected chi connectivity index (χ2v) is 8.43. The van der Waals surface area contributed by atoms with Gasteiger partial charge in [-0.3, -0.25) is 9.59 Å². The van der Waals surface area contributed by atoms with Gasteiger partial charge in [0.15, 0.2) is 9.84 Å². The van der Waals surface area contributed by atoms with E-state index < -0.39 is 9.84 Å². The molecule has 1 heterocycles. The number of nitrogens with one attached hydrogen (secondary N) is 1. The Balaban J connectivity index is 1.84. The van der Waals surface area contributed by atoms with E-state index in [0.717, 1.165) is 11.3 Å². The van der Waals surface area contributed by atoms with Crippen molar-refractivity contribution in [1.82, 2.24) is 10.2 Å². The summed E-state index contributed by atoms with van der Waals surface area (Å²) in [5.41, 5.74) is 0.943. The molecule has 138 valence electrons. The van der Waals surface area contributed by atoms with Crippen LogP contribution in [0.1, 0.15) is 25.3 Å². The number of benzene rings is 1. The summed E-state index contributed by atoms with van der Waals surface area (Å²) in [6.07, 6.45) is 0.600. The lowest BCUT2D eigenvalue weighted by Crippen LogP contribution is -2.38. The normalized spacial score (nSPS) is 18.6. The fourth-order valence-electron chi connectivity index (χ4n) is 2.74. The largest absolute Gasteiger partial charge is 0.497 e. The molecule has 8 heteroatoms. The van der Waals surface area contributed by atoms with Gasteiger partial charge in [0, 0.05) is 32.5 Å². The first kappa shape index (κ1) is 19.2. The zero-order chi connectivity index (χ0) is 18.4. The smallest absolute Gasteiger partial charge is 0.222 e. The van der Waals surface area contributed by atoms with Crippen molar-refractivity contribution in [3.63, 3.8) is 0 Å². The van der Waals surface area contributed by atoms with Crippen LogP contribution in [0.5, 0.6) is 5.75 Å². The van der Waals surface area contributed by atoms with Crippen molar-refractivity contribution in [2.75, 3.05) is 25.2 Å². The summed E-state index contributed by atoms with van der Waals surface area (Å²) < 4.78 is 27.9. The maximum absolute atomic E-state index is 12.0. The van der Waals surface area contributed by atoms with Crippen LogP contribution in [0.25, 0.3) is 0 Å². The zero-order valence-corrected chi connectivity index (χ0v) is 15.3. The van der Waals surface area contributed by atoms with Crippen molar-refractivity contribution < 1.29 is 22.7 Å². The molecular formula is C17H24N2O5S. The quantitative estimate of drug-likeness (QED) is 0.766. The lowest BCUT2D eigenvalue weighted by molar-refractivity contribution is -0.130. The minimum Gasteiger partial charge on any atom is -0.497 e. The molecule has 0 aliphatic carbocycles. The van der Waals surface area contributed by atoms with Crippen molar-refractivity contribution >= 4 is 21.7 Å². The molecule has 2 amide bonds. The van der Waals surface area contributed by atoms with Crippen molar-refractivity contribution in [2.24, 2.45) is 0 Å². The summed E-state index contributed by atoms with van der Waals surface area (Å²) in [4.78, 5) is 25.4. The molecule has 0 aromatic heterocycles. The van der Waals surface area contributed by atoms with Gasteiger partial charge in [0.1, 0.15) is 5.75 Å². The molecule has 1 N–H and O–H groups in total. The summed E-state index contributed by atoms with van der Waals surface area (Å²) in [7, 11) is -1.43. The second-order valence-electron chi connectivity index (χ2n) is 6.21. The lowest BCUT2D eigenvalue weighted by Gasteiger charge is -2.21. The first-order valence-electron chi connectivity index (χ1n) is 8.17. The van der Waals surface area contributed by atoms with Crippen LogP contribution < -0.4 is 10.1 Å². The van der Waals surface area contributed by atoms with Gasteiger partial charge in [-0.15, -0.1) is 0 Å². The molecule has 1 fully saturated rings. The van der Waals surface area contributed by atoms with Gasteiger partial charge in [0.25, 0.3) is 0 Å². The summed E-state index contributed by atoms with van der Waals surface area (Å²) >= 11 is 0. The number of hydrogen-bond acceptors (Lipinski definition) is 5. The molecule has 1 aliphatic heterocycles. The Hall–Kier alpha value is -2.09. The molecule has 0 saturated carbocycles. The van der Waals surface area contributed by atoms with Gasteiger partial charge >= 0.3 is 0 Å². The van der Waals surface area contributed by atoms with Crippen molar-refractivity contribution in [3.05, 3.63) is 29.8 Å². The molecular weight excluding hydrogens is 344 g/mol. The van der Waals surface area contributed by atoms with Gasteiger partial charge in [0.2, 0.25) is 11.8 Å². The molecule has 1 unspecified atom stereocenters. The Morgan fingerprint density at radius 3 is 2.48 bits per heavy atom. The van der Waals surface area contributed by atoms with E-state index in [1.54, 1.807) is 12.0 Å². The average Bonchev–Trinajstić information content (AvgIpc) is 2.90. The standard InChI is InChI=1S/C17H24N2O5S/c1-13(20)19(11-14-3-5-16(24-2)6-4-14)9-7-17(21)18-15-8-10-25(22,23)12-15/h3-6,15H,7-12H2,1-2H3,(H,18,21). The Labute approximate surface area is 148 Å². The molecule has 2 rings (SSSR count). The number of carbonyl (C=O) groups excluding carboxylic acids is 2. The highest BCUT2D eigenvalue weighted by molar-refractivity contribution is 7.91. The van der Waals surface area contributed by atoms with E-state index in [4.69, 9.17) is 4.74 Å². The number of amides is 2. The van der Waals surface area contributed by atoms with E-state index >= 15 is 0 Å². The van der Waals surface area contributed by atoms with E-state index in [1.165, 1.54) is 6.92 Å². The Morgan fingerprint density at radius 2 is 1.96 bits per heavy atom. The minimum absolute atomic E-state index is 0.00100. The maximum Gasteiger partial charge on any atom is 0.222 e. The second kappa shape index (κ2) is 8.33. The molecule has 1 atom stereocenters. The SMILES string of the molecule is COc1ccc(CN(CCC(=O)NC2CCS(=O)(=O)C2)C(C)=O)cc1. The molecule has 1 saturated heterocycles. The lowest BCUT2D eigenvalue weighted by atomic mass is 10.2. The number of hydrogen-bond donors (Lipinski definition) is 1. The highest BCUT2D eigenvalue weighted by atomic mass is 32.2. The van der Waals surface area contributed by atoms with E-state index in [-0.39, 0.29) is 42.3 Å². The topological polar surface area (TPSA) is 92.8 Å². The number of carbonyl (C=O) groups is 2. The zero-order valence-electron chi connectivity index (χ0n) is 14.5. The molecule has 0 spiro atoms. The van der Waals surface area contributed by atoms with Crippen LogP contribution >= 0.6 is 0 Å². The van der Waals surface area contributed by atoms with E-state index in [1.807, 2.05) is 24.3 Å². The predicted molar refractivity (Wildman–Crippen MR) is 93.9 cm³/mol. The predicted octanol–water partition coefficient (Wildman–Crippen LogP) is 0.737. The summed E-state index contributed by atoms with van der Waals surface area (Å²) in [5, 5.41) is 2.74. The van der Waals surface area contributed by atoms with Crippen molar-refractivity contribution in [2.45, 2.75) is 32.4 Å². The summed E-state index contributed by atoms with van der Waals surface area (Å²) in [6.45, 7) is 2.15. The average molecular weight is 368 g/mol. The van der Waals surface area contributed by atoms with Crippen LogP contribution in [0.4, 0.5) is 0 Å². The highest BCUT2D eigenvalue weighted by Gasteiger charge is 2.28. The van der Waals surface area contributed by atoms with Crippen LogP contribution in [0.2, 0.25) is 0 Å². The van der Waals surface area contributed by atoms with Crippen LogP contribution in [0.15, 0.2) is 24.3 Å². The third-order valence-electron chi connectivity index (χ3n) is 4.18. The van der Waals surface area contributed by atoms with Gasteiger partial charge in [-0.1, -0.05) is 12.1 Å². The van der Waals surface area contributed by atoms with Crippen LogP contribution in [0.3, 0.4) is 0 Å². The van der Waals surface area contributed by atoms with E-state index in [9.17, 15) is 18.0 Å². The van der Waals surface area contributed by atoms with Gasteiger partial charge in [-0.25, -0.2) is 8.42 Å². The van der Waals surface area contributed by atoms with E-state index in [0.29, 0.717) is 13.0 Å². The van der Waals surface area contributed by atoms with Crippen molar-refractivity contribution in [3.8, 4) is 5.75 Å². The Bertz CT molecular complexity index is 715. The summed E-state index contributed by atoms with van der Waals surface area (Å²) in [5.74, 6) is 0.509. The van der Waals surface area contributed by atoms with Gasteiger partial charge in [-0.2, -0.15) is 0 Å². The number of ether oxygens (including phenoxy) is 1. The first-order chi connectivity index (χ1) is 11.8. The monoisotopic (exact) mass is 368 g/mol. The minimum atomic E-state index is -3.02. The molecule has 0 radical (unpaired) electrons. The highest BCUT2D eigenvalue weighted by Crippen LogP contribution is 2.14.